The van der Waals surface area contributed by atoms with Crippen LogP contribution in [0, 0.1) is 0 Å². The molecule has 0 amide bonds. The largest absolute Gasteiger partial charge is 0.480 e. The fourth-order valence-electron chi connectivity index (χ4n) is 5.76. The predicted octanol–water partition coefficient (Wildman–Crippen LogP) is 11.1. The van der Waals surface area contributed by atoms with E-state index in [1.807, 2.05) is 0 Å². The highest BCUT2D eigenvalue weighted by molar-refractivity contribution is 7.47. The van der Waals surface area contributed by atoms with Crippen molar-refractivity contribution in [2.45, 2.75) is 206 Å². The summed E-state index contributed by atoms with van der Waals surface area (Å²) in [7, 11) is -4.71. The van der Waals surface area contributed by atoms with Crippen LogP contribution in [-0.2, 0) is 37.5 Å². The molecule has 0 aromatic heterocycles. The fourth-order valence-corrected chi connectivity index (χ4v) is 6.54. The SMILES string of the molecule is CCCCCCCC/C=C\CCCCCCCC(=O)OC[C@H](COP(=O)(O)OC[C@@H](N)C(=O)O)OC(=O)CCCCCCC/C=C\CCCCCCCC. The first-order valence-corrected chi connectivity index (χ1v) is 22.9. The molecule has 316 valence electrons. The molecule has 0 aliphatic rings. The summed E-state index contributed by atoms with van der Waals surface area (Å²) in [5, 5.41) is 8.88. The zero-order valence-electron chi connectivity index (χ0n) is 34.1. The van der Waals surface area contributed by atoms with E-state index in [0.29, 0.717) is 12.8 Å². The van der Waals surface area contributed by atoms with Crippen LogP contribution in [0.15, 0.2) is 24.3 Å². The van der Waals surface area contributed by atoms with Gasteiger partial charge >= 0.3 is 25.7 Å². The molecule has 0 aromatic carbocycles. The van der Waals surface area contributed by atoms with E-state index in [0.717, 1.165) is 77.0 Å². The predicted molar refractivity (Wildman–Crippen MR) is 217 cm³/mol. The number of phosphoric acid groups is 1. The summed E-state index contributed by atoms with van der Waals surface area (Å²) in [5.74, 6) is -2.39. The summed E-state index contributed by atoms with van der Waals surface area (Å²) in [6, 6.07) is -1.52. The number of hydrogen-bond acceptors (Lipinski definition) is 9. The average molecular weight is 788 g/mol. The molecule has 0 spiro atoms. The van der Waals surface area contributed by atoms with E-state index in [4.69, 9.17) is 24.8 Å². The van der Waals surface area contributed by atoms with Crippen molar-refractivity contribution in [1.82, 2.24) is 0 Å². The lowest BCUT2D eigenvalue weighted by atomic mass is 10.1. The van der Waals surface area contributed by atoms with Gasteiger partial charge in [0.05, 0.1) is 13.2 Å². The van der Waals surface area contributed by atoms with E-state index in [1.165, 1.54) is 77.0 Å². The zero-order chi connectivity index (χ0) is 40.0. The number of esters is 2. The second-order valence-corrected chi connectivity index (χ2v) is 15.9. The van der Waals surface area contributed by atoms with E-state index in [9.17, 15) is 23.8 Å². The van der Waals surface area contributed by atoms with Gasteiger partial charge in [0.15, 0.2) is 6.10 Å². The van der Waals surface area contributed by atoms with Crippen molar-refractivity contribution in [2.24, 2.45) is 5.73 Å². The van der Waals surface area contributed by atoms with Crippen molar-refractivity contribution in [3.05, 3.63) is 24.3 Å². The number of rotatable bonds is 40. The first-order valence-electron chi connectivity index (χ1n) is 21.4. The molecule has 0 heterocycles. The van der Waals surface area contributed by atoms with Crippen molar-refractivity contribution in [3.63, 3.8) is 0 Å². The van der Waals surface area contributed by atoms with Crippen LogP contribution in [0.4, 0.5) is 0 Å². The lowest BCUT2D eigenvalue weighted by Crippen LogP contribution is -2.34. The highest BCUT2D eigenvalue weighted by atomic mass is 31.2. The maximum atomic E-state index is 12.6. The molecule has 0 fully saturated rings. The van der Waals surface area contributed by atoms with Gasteiger partial charge in [0.1, 0.15) is 12.6 Å². The van der Waals surface area contributed by atoms with Crippen LogP contribution in [0.1, 0.15) is 194 Å². The van der Waals surface area contributed by atoms with E-state index in [1.54, 1.807) is 0 Å². The number of carbonyl (C=O) groups excluding carboxylic acids is 2. The molecule has 0 rings (SSSR count). The number of carboxylic acids is 1. The van der Waals surface area contributed by atoms with Crippen molar-refractivity contribution < 1.29 is 47.5 Å². The van der Waals surface area contributed by atoms with Crippen LogP contribution < -0.4 is 5.73 Å². The van der Waals surface area contributed by atoms with Crippen molar-refractivity contribution in [3.8, 4) is 0 Å². The van der Waals surface area contributed by atoms with Gasteiger partial charge in [0.2, 0.25) is 0 Å². The maximum absolute atomic E-state index is 12.6. The highest BCUT2D eigenvalue weighted by Crippen LogP contribution is 2.43. The number of carboxylic acid groups (broad SMARTS) is 1. The standard InChI is InChI=1S/C42H78NO10P/c1-3-5-7-9-11-13-15-17-19-21-23-25-27-29-31-33-40(44)50-35-38(36-51-54(48,49)52-37-39(43)42(46)47)53-41(45)34-32-30-28-26-24-22-20-18-16-14-12-10-8-6-4-2/h17-20,38-39H,3-16,21-37,43H2,1-2H3,(H,46,47)(H,48,49)/b19-17-,20-18-/t38-,39-/m1/s1. The summed E-state index contributed by atoms with van der Waals surface area (Å²) in [6.07, 6.45) is 38.1. The molecule has 0 saturated carbocycles. The Hall–Kier alpha value is -2.04. The van der Waals surface area contributed by atoms with Crippen LogP contribution in [-0.4, -0.2) is 59.9 Å². The van der Waals surface area contributed by atoms with Crippen LogP contribution in [0.2, 0.25) is 0 Å². The third-order valence-corrected chi connectivity index (χ3v) is 10.1. The Morgan fingerprint density at radius 1 is 0.556 bits per heavy atom. The Labute approximate surface area is 328 Å². The van der Waals surface area contributed by atoms with Gasteiger partial charge in [-0.3, -0.25) is 23.4 Å². The number of aliphatic carboxylic acids is 1. The Morgan fingerprint density at radius 2 is 0.926 bits per heavy atom. The Bertz CT molecular complexity index is 1020. The molecular weight excluding hydrogens is 709 g/mol. The molecule has 12 heteroatoms. The molecule has 54 heavy (non-hydrogen) atoms. The minimum absolute atomic E-state index is 0.151. The number of nitrogens with two attached hydrogens (primary N) is 1. The van der Waals surface area contributed by atoms with Gasteiger partial charge in [0, 0.05) is 12.8 Å². The van der Waals surface area contributed by atoms with Gasteiger partial charge in [-0.1, -0.05) is 141 Å². The highest BCUT2D eigenvalue weighted by Gasteiger charge is 2.28. The van der Waals surface area contributed by atoms with Crippen LogP contribution in [0.25, 0.3) is 0 Å². The van der Waals surface area contributed by atoms with Crippen molar-refractivity contribution >= 4 is 25.7 Å². The molecule has 0 radical (unpaired) electrons. The number of allylic oxidation sites excluding steroid dienone is 4. The van der Waals surface area contributed by atoms with Crippen LogP contribution >= 0.6 is 7.82 Å². The normalized spacial score (nSPS) is 14.0. The van der Waals surface area contributed by atoms with Gasteiger partial charge in [0.25, 0.3) is 0 Å². The monoisotopic (exact) mass is 788 g/mol. The number of unbranched alkanes of at least 4 members (excludes halogenated alkanes) is 22. The summed E-state index contributed by atoms with van der Waals surface area (Å²) in [5.41, 5.74) is 5.33. The molecule has 0 bridgehead atoms. The van der Waals surface area contributed by atoms with Gasteiger partial charge in [-0.15, -0.1) is 0 Å². The maximum Gasteiger partial charge on any atom is 0.472 e. The summed E-state index contributed by atoms with van der Waals surface area (Å²) in [4.78, 5) is 45.9. The number of hydrogen-bond donors (Lipinski definition) is 3. The second-order valence-electron chi connectivity index (χ2n) is 14.5. The number of carbonyl (C=O) groups is 3. The molecule has 11 nitrogen and oxygen atoms in total. The van der Waals surface area contributed by atoms with Crippen molar-refractivity contribution in [1.29, 1.82) is 0 Å². The second kappa shape index (κ2) is 37.9. The molecule has 0 aliphatic heterocycles. The lowest BCUT2D eigenvalue weighted by Gasteiger charge is -2.20. The minimum atomic E-state index is -4.71. The summed E-state index contributed by atoms with van der Waals surface area (Å²) in [6.45, 7) is 2.78. The molecule has 0 aliphatic carbocycles. The fraction of sp³-hybridized carbons (Fsp3) is 0.833. The van der Waals surface area contributed by atoms with E-state index >= 15 is 0 Å². The number of phosphoric ester groups is 1. The molecule has 0 saturated heterocycles. The quantitative estimate of drug-likeness (QED) is 0.0233. The molecular formula is C42H78NO10P. The average Bonchev–Trinajstić information content (AvgIpc) is 3.14. The third kappa shape index (κ3) is 36.9. The Balaban J connectivity index is 4.40. The topological polar surface area (TPSA) is 172 Å². The molecule has 0 aromatic rings. The van der Waals surface area contributed by atoms with Crippen molar-refractivity contribution in [2.75, 3.05) is 19.8 Å². The molecule has 1 unspecified atom stereocenters. The van der Waals surface area contributed by atoms with Gasteiger partial charge < -0.3 is 25.2 Å². The van der Waals surface area contributed by atoms with Crippen LogP contribution in [0.3, 0.4) is 0 Å². The zero-order valence-corrected chi connectivity index (χ0v) is 35.0. The van der Waals surface area contributed by atoms with Gasteiger partial charge in [-0.25, -0.2) is 4.57 Å². The van der Waals surface area contributed by atoms with E-state index < -0.39 is 51.1 Å². The minimum Gasteiger partial charge on any atom is -0.480 e. The summed E-state index contributed by atoms with van der Waals surface area (Å²) < 4.78 is 32.6. The first-order chi connectivity index (χ1) is 26.1. The smallest absolute Gasteiger partial charge is 0.472 e. The lowest BCUT2D eigenvalue weighted by molar-refractivity contribution is -0.161. The number of ether oxygens (including phenoxy) is 2. The summed E-state index contributed by atoms with van der Waals surface area (Å²) >= 11 is 0. The molecule has 4 N–H and O–H groups in total. The van der Waals surface area contributed by atoms with Gasteiger partial charge in [-0.2, -0.15) is 0 Å². The van der Waals surface area contributed by atoms with Gasteiger partial charge in [-0.05, 0) is 64.2 Å². The van der Waals surface area contributed by atoms with E-state index in [-0.39, 0.29) is 19.4 Å². The Kier molecular flexibility index (Phi) is 36.4. The van der Waals surface area contributed by atoms with Crippen LogP contribution in [0.5, 0.6) is 0 Å². The third-order valence-electron chi connectivity index (χ3n) is 9.17. The Morgan fingerprint density at radius 3 is 1.35 bits per heavy atom. The first kappa shape index (κ1) is 52.0. The van der Waals surface area contributed by atoms with E-state index in [2.05, 4.69) is 42.7 Å². The molecule has 3 atom stereocenters.